The number of benzene rings is 1. The molecular formula is C22H31NO7S. The van der Waals surface area contributed by atoms with Crippen LogP contribution in [0.4, 0.5) is 0 Å². The number of ether oxygens (including phenoxy) is 2. The molecule has 0 spiro atoms. The predicted octanol–water partition coefficient (Wildman–Crippen LogP) is 2.91. The number of hydrogen-bond donors (Lipinski definition) is 1. The van der Waals surface area contributed by atoms with Gasteiger partial charge in [-0.05, 0) is 46.0 Å². The number of esters is 2. The zero-order chi connectivity index (χ0) is 23.3. The molecule has 0 amide bonds. The van der Waals surface area contributed by atoms with Gasteiger partial charge in [0.25, 0.3) is 10.1 Å². The van der Waals surface area contributed by atoms with Crippen molar-refractivity contribution in [3.05, 3.63) is 41.0 Å². The first-order chi connectivity index (χ1) is 14.4. The highest BCUT2D eigenvalue weighted by Crippen LogP contribution is 2.40. The quantitative estimate of drug-likeness (QED) is 0.421. The molecule has 1 N–H and O–H groups in total. The van der Waals surface area contributed by atoms with E-state index >= 15 is 0 Å². The molecule has 8 nitrogen and oxygen atoms in total. The molecule has 2 aliphatic rings. The molecule has 2 aliphatic carbocycles. The lowest BCUT2D eigenvalue weighted by atomic mass is 9.89. The van der Waals surface area contributed by atoms with E-state index in [4.69, 9.17) is 14.0 Å². The van der Waals surface area contributed by atoms with Crippen LogP contribution < -0.4 is 0 Å². The summed E-state index contributed by atoms with van der Waals surface area (Å²) in [6.07, 6.45) is 2.75. The first-order valence-corrected chi connectivity index (χ1v) is 11.6. The molecule has 0 saturated carbocycles. The van der Waals surface area contributed by atoms with Crippen LogP contribution in [0, 0.1) is 6.92 Å². The Morgan fingerprint density at radius 3 is 1.65 bits per heavy atom. The Morgan fingerprint density at radius 2 is 1.32 bits per heavy atom. The molecule has 0 heterocycles. The average molecular weight is 454 g/mol. The Hall–Kier alpha value is -2.23. The fraction of sp³-hybridized carbons (Fsp3) is 0.545. The highest BCUT2D eigenvalue weighted by atomic mass is 32.2. The average Bonchev–Trinajstić information content (AvgIpc) is 3.04. The molecular weight excluding hydrogens is 422 g/mol. The molecule has 0 radical (unpaired) electrons. The highest BCUT2D eigenvalue weighted by Gasteiger charge is 2.38. The number of rotatable bonds is 4. The van der Waals surface area contributed by atoms with Crippen molar-refractivity contribution < 1.29 is 32.0 Å². The maximum atomic E-state index is 11.2. The largest absolute Gasteiger partial charge is 0.458 e. The third-order valence-electron chi connectivity index (χ3n) is 5.46. The second-order valence-corrected chi connectivity index (χ2v) is 9.65. The van der Waals surface area contributed by atoms with E-state index in [1.165, 1.54) is 37.1 Å². The lowest BCUT2D eigenvalue weighted by Gasteiger charge is -2.31. The van der Waals surface area contributed by atoms with Gasteiger partial charge in [-0.15, -0.1) is 0 Å². The molecule has 172 valence electrons. The highest BCUT2D eigenvalue weighted by molar-refractivity contribution is 7.85. The first-order valence-electron chi connectivity index (χ1n) is 10.1. The zero-order valence-corrected chi connectivity index (χ0v) is 19.4. The van der Waals surface area contributed by atoms with Gasteiger partial charge in [0.2, 0.25) is 0 Å². The lowest BCUT2D eigenvalue weighted by molar-refractivity contribution is -0.165. The van der Waals surface area contributed by atoms with Crippen molar-refractivity contribution in [1.82, 2.24) is 4.90 Å². The molecule has 31 heavy (non-hydrogen) atoms. The van der Waals surface area contributed by atoms with Crippen molar-refractivity contribution in [2.24, 2.45) is 0 Å². The van der Waals surface area contributed by atoms with Crippen LogP contribution in [0.15, 0.2) is 40.3 Å². The molecule has 0 saturated heterocycles. The van der Waals surface area contributed by atoms with Gasteiger partial charge in [0.15, 0.2) is 0 Å². The van der Waals surface area contributed by atoms with Crippen molar-refractivity contribution >= 4 is 22.1 Å². The minimum Gasteiger partial charge on any atom is -0.458 e. The number of hydrogen-bond acceptors (Lipinski definition) is 7. The van der Waals surface area contributed by atoms with E-state index in [-0.39, 0.29) is 29.0 Å². The lowest BCUT2D eigenvalue weighted by Crippen LogP contribution is -2.37. The standard InChI is InChI=1S/C15H23NO4.C7H8O3S/c1-9(17)19-14-7-11-5-13(16(3)4)6-12(11)8-15(14)20-10(2)18;1-6-2-4-7(5-3-6)11(8,9)10/h13-15H,5-8H2,1-4H3;2-5H,1H3,(H,8,9,10)/t13?,14-,15+;. The van der Waals surface area contributed by atoms with Crippen LogP contribution in [0.2, 0.25) is 0 Å². The maximum absolute atomic E-state index is 11.2. The molecule has 0 aromatic heterocycles. The summed E-state index contributed by atoms with van der Waals surface area (Å²) in [6, 6.07) is 6.50. The van der Waals surface area contributed by atoms with E-state index in [0.29, 0.717) is 18.9 Å². The van der Waals surface area contributed by atoms with Gasteiger partial charge in [0.1, 0.15) is 12.2 Å². The van der Waals surface area contributed by atoms with E-state index in [0.717, 1.165) is 18.4 Å². The van der Waals surface area contributed by atoms with Gasteiger partial charge in [0, 0.05) is 32.7 Å². The normalized spacial score (nSPS) is 23.0. The van der Waals surface area contributed by atoms with E-state index in [2.05, 4.69) is 19.0 Å². The van der Waals surface area contributed by atoms with E-state index in [9.17, 15) is 18.0 Å². The van der Waals surface area contributed by atoms with Crippen LogP contribution in [0.5, 0.6) is 0 Å². The van der Waals surface area contributed by atoms with E-state index < -0.39 is 10.1 Å². The fourth-order valence-electron chi connectivity index (χ4n) is 3.87. The Bertz CT molecular complexity index is 899. The van der Waals surface area contributed by atoms with Crippen molar-refractivity contribution in [1.29, 1.82) is 0 Å². The first kappa shape index (κ1) is 25.0. The summed E-state index contributed by atoms with van der Waals surface area (Å²) in [5.74, 6) is -0.642. The smallest absolute Gasteiger partial charge is 0.303 e. The third-order valence-corrected chi connectivity index (χ3v) is 6.33. The van der Waals surface area contributed by atoms with Crippen molar-refractivity contribution in [2.45, 2.75) is 69.6 Å². The second kappa shape index (κ2) is 10.4. The van der Waals surface area contributed by atoms with Crippen LogP contribution >= 0.6 is 0 Å². The SMILES string of the molecule is CC(=O)O[C@H]1CC2=C(CC(N(C)C)C2)C[C@H]1OC(C)=O.Cc1ccc(S(=O)(=O)O)cc1. The molecule has 1 unspecified atom stereocenters. The Morgan fingerprint density at radius 1 is 0.903 bits per heavy atom. The van der Waals surface area contributed by atoms with Crippen LogP contribution in [-0.2, 0) is 29.2 Å². The van der Waals surface area contributed by atoms with Gasteiger partial charge in [-0.2, -0.15) is 8.42 Å². The van der Waals surface area contributed by atoms with Gasteiger partial charge in [-0.25, -0.2) is 0 Å². The summed E-state index contributed by atoms with van der Waals surface area (Å²) < 4.78 is 40.2. The number of aryl methyl sites for hydroxylation is 1. The van der Waals surface area contributed by atoms with Crippen molar-refractivity contribution in [2.75, 3.05) is 14.1 Å². The summed E-state index contributed by atoms with van der Waals surface area (Å²) in [4.78, 5) is 24.6. The Labute approximate surface area is 184 Å². The third kappa shape index (κ3) is 7.45. The number of carbonyl (C=O) groups excluding carboxylic acids is 2. The number of nitrogens with zero attached hydrogens (tertiary/aromatic N) is 1. The summed E-state index contributed by atoms with van der Waals surface area (Å²) >= 11 is 0. The van der Waals surface area contributed by atoms with Gasteiger partial charge in [-0.1, -0.05) is 28.8 Å². The topological polar surface area (TPSA) is 110 Å². The van der Waals surface area contributed by atoms with Crippen molar-refractivity contribution in [3.8, 4) is 0 Å². The second-order valence-electron chi connectivity index (χ2n) is 8.22. The molecule has 0 bridgehead atoms. The van der Waals surface area contributed by atoms with Gasteiger partial charge in [-0.3, -0.25) is 14.1 Å². The summed E-state index contributed by atoms with van der Waals surface area (Å²) in [6.45, 7) is 4.63. The summed E-state index contributed by atoms with van der Waals surface area (Å²) in [5, 5.41) is 0. The molecule has 0 fully saturated rings. The minimum absolute atomic E-state index is 0.0666. The van der Waals surface area contributed by atoms with Crippen LogP contribution in [0.1, 0.15) is 45.1 Å². The van der Waals surface area contributed by atoms with Crippen LogP contribution in [-0.4, -0.2) is 62.2 Å². The van der Waals surface area contributed by atoms with E-state index in [1.54, 1.807) is 12.1 Å². The van der Waals surface area contributed by atoms with Gasteiger partial charge in [0.05, 0.1) is 4.90 Å². The van der Waals surface area contributed by atoms with Crippen LogP contribution in [0.25, 0.3) is 0 Å². The van der Waals surface area contributed by atoms with Crippen molar-refractivity contribution in [3.63, 3.8) is 0 Å². The zero-order valence-electron chi connectivity index (χ0n) is 18.6. The monoisotopic (exact) mass is 453 g/mol. The maximum Gasteiger partial charge on any atom is 0.303 e. The van der Waals surface area contributed by atoms with Gasteiger partial charge < -0.3 is 14.4 Å². The summed E-state index contributed by atoms with van der Waals surface area (Å²) in [5.41, 5.74) is 3.70. The fourth-order valence-corrected chi connectivity index (χ4v) is 4.35. The van der Waals surface area contributed by atoms with Gasteiger partial charge >= 0.3 is 11.9 Å². The van der Waals surface area contributed by atoms with E-state index in [1.807, 2.05) is 6.92 Å². The molecule has 0 aliphatic heterocycles. The predicted molar refractivity (Wildman–Crippen MR) is 115 cm³/mol. The molecule has 9 heteroatoms. The number of carbonyl (C=O) groups is 2. The van der Waals surface area contributed by atoms with Crippen LogP contribution in [0.3, 0.4) is 0 Å². The molecule has 3 rings (SSSR count). The molecule has 3 atom stereocenters. The summed E-state index contributed by atoms with van der Waals surface area (Å²) in [7, 11) is 0.140. The molecule has 1 aromatic carbocycles. The Kier molecular flexibility index (Phi) is 8.39. The molecule has 1 aromatic rings. The Balaban J connectivity index is 0.000000262. The minimum atomic E-state index is -4.02.